The molecule has 1 fully saturated rings. The summed E-state index contributed by atoms with van der Waals surface area (Å²) in [6, 6.07) is 0. The summed E-state index contributed by atoms with van der Waals surface area (Å²) in [4.78, 5) is 2.44. The van der Waals surface area contributed by atoms with Crippen LogP contribution in [0, 0.1) is 11.3 Å². The van der Waals surface area contributed by atoms with E-state index in [2.05, 4.69) is 32.7 Å². The third-order valence-corrected chi connectivity index (χ3v) is 3.21. The zero-order chi connectivity index (χ0) is 7.78. The van der Waals surface area contributed by atoms with E-state index >= 15 is 0 Å². The second kappa shape index (κ2) is 2.54. The number of rotatable bonds is 1. The minimum Gasteiger partial charge on any atom is -0.306 e. The summed E-state index contributed by atoms with van der Waals surface area (Å²) < 4.78 is 0. The number of likely N-dealkylation sites (tertiary alicyclic amines) is 1. The van der Waals surface area contributed by atoms with Gasteiger partial charge in [0.2, 0.25) is 0 Å². The Hall–Kier alpha value is -0.0400. The highest BCUT2D eigenvalue weighted by molar-refractivity contribution is 4.88. The van der Waals surface area contributed by atoms with Gasteiger partial charge in [0.25, 0.3) is 0 Å². The van der Waals surface area contributed by atoms with E-state index in [1.807, 2.05) is 0 Å². The maximum atomic E-state index is 2.44. The zero-order valence-electron chi connectivity index (χ0n) is 7.65. The highest BCUT2D eigenvalue weighted by atomic mass is 15.1. The molecule has 1 nitrogen and oxygen atoms in total. The SMILES string of the molecule is CC[C@]1(C)CN(C)C[C@@H]1C. The van der Waals surface area contributed by atoms with Crippen molar-refractivity contribution >= 4 is 0 Å². The molecule has 0 aromatic rings. The summed E-state index contributed by atoms with van der Waals surface area (Å²) >= 11 is 0. The highest BCUT2D eigenvalue weighted by Gasteiger charge is 2.36. The van der Waals surface area contributed by atoms with Gasteiger partial charge in [0, 0.05) is 13.1 Å². The van der Waals surface area contributed by atoms with Crippen LogP contribution in [0.15, 0.2) is 0 Å². The zero-order valence-corrected chi connectivity index (χ0v) is 7.65. The van der Waals surface area contributed by atoms with Crippen molar-refractivity contribution in [3.8, 4) is 0 Å². The summed E-state index contributed by atoms with van der Waals surface area (Å²) in [6.45, 7) is 9.64. The van der Waals surface area contributed by atoms with E-state index in [1.165, 1.54) is 19.5 Å². The molecule has 1 heteroatoms. The van der Waals surface area contributed by atoms with Crippen LogP contribution in [0.4, 0.5) is 0 Å². The van der Waals surface area contributed by atoms with Crippen molar-refractivity contribution in [2.75, 3.05) is 20.1 Å². The van der Waals surface area contributed by atoms with Crippen LogP contribution in [0.25, 0.3) is 0 Å². The smallest absolute Gasteiger partial charge is 0.00353 e. The Balaban J connectivity index is 2.61. The molecular formula is C9H19N. The van der Waals surface area contributed by atoms with E-state index < -0.39 is 0 Å². The van der Waals surface area contributed by atoms with Crippen LogP contribution < -0.4 is 0 Å². The molecule has 0 amide bonds. The number of nitrogens with zero attached hydrogens (tertiary/aromatic N) is 1. The van der Waals surface area contributed by atoms with Gasteiger partial charge in [0.05, 0.1) is 0 Å². The van der Waals surface area contributed by atoms with Crippen LogP contribution in [0.5, 0.6) is 0 Å². The topological polar surface area (TPSA) is 3.24 Å². The fraction of sp³-hybridized carbons (Fsp3) is 1.00. The predicted molar refractivity (Wildman–Crippen MR) is 45.1 cm³/mol. The Bertz CT molecular complexity index is 122. The van der Waals surface area contributed by atoms with Crippen molar-refractivity contribution < 1.29 is 0 Å². The second-order valence-electron chi connectivity index (χ2n) is 4.11. The molecule has 1 aliphatic rings. The molecule has 0 N–H and O–H groups in total. The largest absolute Gasteiger partial charge is 0.306 e. The lowest BCUT2D eigenvalue weighted by molar-refractivity contribution is 0.252. The number of hydrogen-bond donors (Lipinski definition) is 0. The Kier molecular flexibility index (Phi) is 2.04. The van der Waals surface area contributed by atoms with Crippen molar-refractivity contribution in [3.05, 3.63) is 0 Å². The molecular weight excluding hydrogens is 122 g/mol. The van der Waals surface area contributed by atoms with Gasteiger partial charge in [-0.2, -0.15) is 0 Å². The van der Waals surface area contributed by atoms with Gasteiger partial charge < -0.3 is 4.90 Å². The lowest BCUT2D eigenvalue weighted by Gasteiger charge is -2.26. The molecule has 0 radical (unpaired) electrons. The van der Waals surface area contributed by atoms with E-state index in [-0.39, 0.29) is 0 Å². The van der Waals surface area contributed by atoms with Crippen LogP contribution in [-0.4, -0.2) is 25.0 Å². The van der Waals surface area contributed by atoms with Crippen LogP contribution in [0.1, 0.15) is 27.2 Å². The normalized spacial score (nSPS) is 42.6. The van der Waals surface area contributed by atoms with Crippen LogP contribution in [0.2, 0.25) is 0 Å². The molecule has 0 saturated carbocycles. The van der Waals surface area contributed by atoms with Gasteiger partial charge in [-0.1, -0.05) is 20.8 Å². The Labute approximate surface area is 64.4 Å². The van der Waals surface area contributed by atoms with Crippen LogP contribution >= 0.6 is 0 Å². The van der Waals surface area contributed by atoms with E-state index in [0.29, 0.717) is 5.41 Å². The van der Waals surface area contributed by atoms with Crippen LogP contribution in [0.3, 0.4) is 0 Å². The fourth-order valence-corrected chi connectivity index (χ4v) is 1.99. The van der Waals surface area contributed by atoms with Gasteiger partial charge in [0.15, 0.2) is 0 Å². The van der Waals surface area contributed by atoms with Gasteiger partial charge in [-0.05, 0) is 24.8 Å². The third kappa shape index (κ3) is 1.20. The van der Waals surface area contributed by atoms with E-state index in [4.69, 9.17) is 0 Å². The Morgan fingerprint density at radius 3 is 2.40 bits per heavy atom. The first-order valence-corrected chi connectivity index (χ1v) is 4.27. The van der Waals surface area contributed by atoms with Crippen molar-refractivity contribution in [2.45, 2.75) is 27.2 Å². The van der Waals surface area contributed by atoms with Crippen molar-refractivity contribution in [1.82, 2.24) is 4.90 Å². The minimum absolute atomic E-state index is 0.592. The second-order valence-corrected chi connectivity index (χ2v) is 4.11. The van der Waals surface area contributed by atoms with E-state index in [1.54, 1.807) is 0 Å². The molecule has 0 bridgehead atoms. The van der Waals surface area contributed by atoms with Gasteiger partial charge in [-0.15, -0.1) is 0 Å². The standard InChI is InChI=1S/C9H19N/c1-5-9(3)7-10(4)6-8(9)2/h8H,5-7H2,1-4H3/t8-,9+/m0/s1. The minimum atomic E-state index is 0.592. The van der Waals surface area contributed by atoms with Crippen molar-refractivity contribution in [1.29, 1.82) is 0 Å². The quantitative estimate of drug-likeness (QED) is 0.540. The monoisotopic (exact) mass is 141 g/mol. The van der Waals surface area contributed by atoms with E-state index in [9.17, 15) is 0 Å². The average molecular weight is 141 g/mol. The predicted octanol–water partition coefficient (Wildman–Crippen LogP) is 1.98. The lowest BCUT2D eigenvalue weighted by atomic mass is 9.79. The molecule has 0 spiro atoms. The molecule has 0 aliphatic carbocycles. The molecule has 1 saturated heterocycles. The molecule has 0 unspecified atom stereocenters. The molecule has 10 heavy (non-hydrogen) atoms. The summed E-state index contributed by atoms with van der Waals surface area (Å²) in [5.41, 5.74) is 0.592. The summed E-state index contributed by atoms with van der Waals surface area (Å²) in [7, 11) is 2.22. The molecule has 2 atom stereocenters. The Morgan fingerprint density at radius 2 is 2.20 bits per heavy atom. The molecule has 1 aliphatic heterocycles. The van der Waals surface area contributed by atoms with Crippen molar-refractivity contribution in [3.63, 3.8) is 0 Å². The Morgan fingerprint density at radius 1 is 1.60 bits per heavy atom. The summed E-state index contributed by atoms with van der Waals surface area (Å²) in [5, 5.41) is 0. The number of hydrogen-bond acceptors (Lipinski definition) is 1. The van der Waals surface area contributed by atoms with Gasteiger partial charge in [-0.3, -0.25) is 0 Å². The average Bonchev–Trinajstić information content (AvgIpc) is 2.09. The third-order valence-electron chi connectivity index (χ3n) is 3.21. The van der Waals surface area contributed by atoms with Gasteiger partial charge >= 0.3 is 0 Å². The first-order valence-electron chi connectivity index (χ1n) is 4.27. The molecule has 60 valence electrons. The van der Waals surface area contributed by atoms with Crippen molar-refractivity contribution in [2.24, 2.45) is 11.3 Å². The van der Waals surface area contributed by atoms with Crippen LogP contribution in [-0.2, 0) is 0 Å². The molecule has 0 aromatic carbocycles. The van der Waals surface area contributed by atoms with Gasteiger partial charge in [-0.25, -0.2) is 0 Å². The maximum Gasteiger partial charge on any atom is 0.00353 e. The molecule has 1 rings (SSSR count). The molecule has 1 heterocycles. The first kappa shape index (κ1) is 8.06. The van der Waals surface area contributed by atoms with Gasteiger partial charge in [0.1, 0.15) is 0 Å². The van der Waals surface area contributed by atoms with E-state index in [0.717, 1.165) is 5.92 Å². The molecule has 0 aromatic heterocycles. The summed E-state index contributed by atoms with van der Waals surface area (Å²) in [6.07, 6.45) is 1.32. The first-order chi connectivity index (χ1) is 4.58. The highest BCUT2D eigenvalue weighted by Crippen LogP contribution is 2.37. The summed E-state index contributed by atoms with van der Waals surface area (Å²) in [5.74, 6) is 0.877. The maximum absolute atomic E-state index is 2.44. The fourth-order valence-electron chi connectivity index (χ4n) is 1.99. The lowest BCUT2D eigenvalue weighted by Crippen LogP contribution is -2.23.